The average Bonchev–Trinajstić information content (AvgIpc) is 3.04. The van der Waals surface area contributed by atoms with E-state index in [4.69, 9.17) is 25.8 Å². The topological polar surface area (TPSA) is 72.6 Å². The summed E-state index contributed by atoms with van der Waals surface area (Å²) >= 11 is 5.97. The Labute approximate surface area is 149 Å². The van der Waals surface area contributed by atoms with Gasteiger partial charge in [0.15, 0.2) is 11.5 Å². The summed E-state index contributed by atoms with van der Waals surface area (Å²) in [5.41, 5.74) is 1.74. The average molecular weight is 361 g/mol. The van der Waals surface area contributed by atoms with Crippen molar-refractivity contribution in [3.63, 3.8) is 0 Å². The van der Waals surface area contributed by atoms with Crippen molar-refractivity contribution in [2.24, 2.45) is 0 Å². The van der Waals surface area contributed by atoms with E-state index < -0.39 is 0 Å². The number of H-pyrrole nitrogens is 1. The summed E-state index contributed by atoms with van der Waals surface area (Å²) in [6, 6.07) is 10.5. The largest absolute Gasteiger partial charge is 0.493 e. The Bertz CT molecular complexity index is 911. The second-order valence-electron chi connectivity index (χ2n) is 5.28. The molecule has 2 aromatic carbocycles. The Morgan fingerprint density at radius 2 is 1.68 bits per heavy atom. The number of carbonyl (C=O) groups is 1. The third-order valence-electron chi connectivity index (χ3n) is 3.75. The fourth-order valence-corrected chi connectivity index (χ4v) is 2.75. The van der Waals surface area contributed by atoms with Crippen LogP contribution in [0.3, 0.4) is 0 Å². The highest BCUT2D eigenvalue weighted by Crippen LogP contribution is 2.40. The maximum absolute atomic E-state index is 12.5. The molecule has 0 aliphatic rings. The maximum Gasteiger partial charge on any atom is 0.272 e. The van der Waals surface area contributed by atoms with E-state index in [-0.39, 0.29) is 5.91 Å². The van der Waals surface area contributed by atoms with Crippen molar-refractivity contribution in [1.82, 2.24) is 4.98 Å². The number of hydrogen-bond acceptors (Lipinski definition) is 4. The number of amides is 1. The number of carbonyl (C=O) groups excluding carboxylic acids is 1. The van der Waals surface area contributed by atoms with Crippen LogP contribution in [0.25, 0.3) is 10.9 Å². The lowest BCUT2D eigenvalue weighted by Crippen LogP contribution is -2.12. The molecule has 0 atom stereocenters. The lowest BCUT2D eigenvalue weighted by Gasteiger charge is -2.14. The Hall–Kier alpha value is -2.86. The van der Waals surface area contributed by atoms with Gasteiger partial charge in [0.1, 0.15) is 5.69 Å². The molecule has 7 heteroatoms. The van der Waals surface area contributed by atoms with E-state index in [9.17, 15) is 4.79 Å². The van der Waals surface area contributed by atoms with Crippen molar-refractivity contribution in [3.8, 4) is 17.2 Å². The summed E-state index contributed by atoms with van der Waals surface area (Å²) in [7, 11) is 4.56. The van der Waals surface area contributed by atoms with E-state index in [0.717, 1.165) is 10.9 Å². The number of rotatable bonds is 5. The quantitative estimate of drug-likeness (QED) is 0.718. The summed E-state index contributed by atoms with van der Waals surface area (Å²) in [5.74, 6) is 1.09. The molecule has 0 radical (unpaired) electrons. The number of benzene rings is 2. The summed E-state index contributed by atoms with van der Waals surface area (Å²) in [4.78, 5) is 15.6. The minimum atomic E-state index is -0.290. The second-order valence-corrected chi connectivity index (χ2v) is 5.72. The van der Waals surface area contributed by atoms with Crippen molar-refractivity contribution in [2.45, 2.75) is 0 Å². The predicted octanol–water partition coefficient (Wildman–Crippen LogP) is 4.10. The molecule has 1 heterocycles. The third-order valence-corrected chi connectivity index (χ3v) is 3.99. The van der Waals surface area contributed by atoms with E-state index in [1.54, 1.807) is 30.3 Å². The SMILES string of the molecule is COc1cc(NC(=O)c2cc3ccc(Cl)cc3[nH]2)cc(OC)c1OC. The predicted molar refractivity (Wildman–Crippen MR) is 97.4 cm³/mol. The summed E-state index contributed by atoms with van der Waals surface area (Å²) in [5, 5.41) is 4.32. The second kappa shape index (κ2) is 6.94. The van der Waals surface area contributed by atoms with Crippen LogP contribution >= 0.6 is 11.6 Å². The van der Waals surface area contributed by atoms with Gasteiger partial charge in [-0.2, -0.15) is 0 Å². The first-order chi connectivity index (χ1) is 12.0. The number of aromatic nitrogens is 1. The number of methoxy groups -OCH3 is 3. The number of fused-ring (bicyclic) bond motifs is 1. The van der Waals surface area contributed by atoms with Crippen LogP contribution < -0.4 is 19.5 Å². The summed E-state index contributed by atoms with van der Waals surface area (Å²) in [6.45, 7) is 0. The monoisotopic (exact) mass is 360 g/mol. The molecule has 0 bridgehead atoms. The smallest absolute Gasteiger partial charge is 0.272 e. The third kappa shape index (κ3) is 3.34. The molecule has 1 amide bonds. The lowest BCUT2D eigenvalue weighted by molar-refractivity contribution is 0.102. The zero-order valence-electron chi connectivity index (χ0n) is 14.0. The van der Waals surface area contributed by atoms with Gasteiger partial charge in [-0.25, -0.2) is 0 Å². The number of halogens is 1. The fraction of sp³-hybridized carbons (Fsp3) is 0.167. The number of hydrogen-bond donors (Lipinski definition) is 2. The van der Waals surface area contributed by atoms with Gasteiger partial charge < -0.3 is 24.5 Å². The minimum Gasteiger partial charge on any atom is -0.493 e. The zero-order valence-corrected chi connectivity index (χ0v) is 14.7. The highest BCUT2D eigenvalue weighted by Gasteiger charge is 2.16. The van der Waals surface area contributed by atoms with Crippen LogP contribution in [0.1, 0.15) is 10.5 Å². The van der Waals surface area contributed by atoms with Gasteiger partial charge in [0.05, 0.1) is 21.3 Å². The van der Waals surface area contributed by atoms with Gasteiger partial charge in [-0.3, -0.25) is 4.79 Å². The lowest BCUT2D eigenvalue weighted by atomic mass is 10.2. The van der Waals surface area contributed by atoms with E-state index in [0.29, 0.717) is 33.7 Å². The van der Waals surface area contributed by atoms with Crippen LogP contribution in [-0.2, 0) is 0 Å². The molecule has 0 fully saturated rings. The normalized spacial score (nSPS) is 10.6. The number of ether oxygens (including phenoxy) is 3. The van der Waals surface area contributed by atoms with Gasteiger partial charge >= 0.3 is 0 Å². The van der Waals surface area contributed by atoms with Crippen LogP contribution in [0.5, 0.6) is 17.2 Å². The van der Waals surface area contributed by atoms with Crippen LogP contribution in [0, 0.1) is 0 Å². The molecule has 0 aliphatic carbocycles. The maximum atomic E-state index is 12.5. The molecule has 0 spiro atoms. The molecular formula is C18H17ClN2O4. The van der Waals surface area contributed by atoms with Gasteiger partial charge in [0.25, 0.3) is 5.91 Å². The van der Waals surface area contributed by atoms with E-state index >= 15 is 0 Å². The molecule has 6 nitrogen and oxygen atoms in total. The highest BCUT2D eigenvalue weighted by molar-refractivity contribution is 6.31. The van der Waals surface area contributed by atoms with Gasteiger partial charge in [-0.15, -0.1) is 0 Å². The highest BCUT2D eigenvalue weighted by atomic mass is 35.5. The molecule has 0 saturated heterocycles. The van der Waals surface area contributed by atoms with Gasteiger partial charge in [0, 0.05) is 33.7 Å². The Balaban J connectivity index is 1.91. The van der Waals surface area contributed by atoms with Crippen molar-refractivity contribution in [2.75, 3.05) is 26.6 Å². The number of anilines is 1. The first-order valence-corrected chi connectivity index (χ1v) is 7.83. The van der Waals surface area contributed by atoms with Gasteiger partial charge in [0.2, 0.25) is 5.75 Å². The van der Waals surface area contributed by atoms with Gasteiger partial charge in [-0.1, -0.05) is 17.7 Å². The number of nitrogens with one attached hydrogen (secondary N) is 2. The fourth-order valence-electron chi connectivity index (χ4n) is 2.57. The van der Waals surface area contributed by atoms with Gasteiger partial charge in [-0.05, 0) is 18.2 Å². The molecular weight excluding hydrogens is 344 g/mol. The van der Waals surface area contributed by atoms with Crippen molar-refractivity contribution >= 4 is 34.1 Å². The first kappa shape index (κ1) is 17.0. The van der Waals surface area contributed by atoms with Crippen LogP contribution in [-0.4, -0.2) is 32.2 Å². The van der Waals surface area contributed by atoms with Crippen molar-refractivity contribution < 1.29 is 19.0 Å². The molecule has 25 heavy (non-hydrogen) atoms. The van der Waals surface area contributed by atoms with E-state index in [2.05, 4.69) is 10.3 Å². The zero-order chi connectivity index (χ0) is 18.0. The molecule has 0 aliphatic heterocycles. The summed E-state index contributed by atoms with van der Waals surface area (Å²) in [6.07, 6.45) is 0. The molecule has 0 unspecified atom stereocenters. The molecule has 3 rings (SSSR count). The molecule has 3 aromatic rings. The number of aromatic amines is 1. The molecule has 2 N–H and O–H groups in total. The molecule has 130 valence electrons. The summed E-state index contributed by atoms with van der Waals surface area (Å²) < 4.78 is 15.9. The van der Waals surface area contributed by atoms with Crippen LogP contribution in [0.4, 0.5) is 5.69 Å². The Kier molecular flexibility index (Phi) is 4.72. The minimum absolute atomic E-state index is 0.290. The van der Waals surface area contributed by atoms with E-state index in [1.807, 2.05) is 6.07 Å². The van der Waals surface area contributed by atoms with E-state index in [1.165, 1.54) is 21.3 Å². The first-order valence-electron chi connectivity index (χ1n) is 7.45. The standard InChI is InChI=1S/C18H17ClN2O4/c1-23-15-8-12(9-16(24-2)17(15)25-3)20-18(22)14-6-10-4-5-11(19)7-13(10)21-14/h4-9,21H,1-3H3,(H,20,22). The van der Waals surface area contributed by atoms with Crippen LogP contribution in [0.2, 0.25) is 5.02 Å². The molecule has 0 saturated carbocycles. The Morgan fingerprint density at radius 3 is 2.28 bits per heavy atom. The van der Waals surface area contributed by atoms with Crippen molar-refractivity contribution in [1.29, 1.82) is 0 Å². The van der Waals surface area contributed by atoms with Crippen molar-refractivity contribution in [3.05, 3.63) is 47.1 Å². The Morgan fingerprint density at radius 1 is 1.00 bits per heavy atom. The molecule has 1 aromatic heterocycles. The van der Waals surface area contributed by atoms with Crippen LogP contribution in [0.15, 0.2) is 36.4 Å².